The van der Waals surface area contributed by atoms with Crippen LogP contribution in [0, 0.1) is 6.92 Å². The van der Waals surface area contributed by atoms with Crippen LogP contribution in [-0.2, 0) is 6.54 Å². The molecule has 2 atom stereocenters. The second kappa shape index (κ2) is 7.76. The van der Waals surface area contributed by atoms with Gasteiger partial charge in [-0.1, -0.05) is 24.6 Å². The Hall–Kier alpha value is -2.24. The van der Waals surface area contributed by atoms with Crippen molar-refractivity contribution in [3.05, 3.63) is 65.5 Å². The first kappa shape index (κ1) is 17.6. The van der Waals surface area contributed by atoms with Gasteiger partial charge in [0.15, 0.2) is 0 Å². The zero-order valence-corrected chi connectivity index (χ0v) is 14.8. The minimum atomic E-state index is -0.531. The number of likely N-dealkylation sites (tertiary alicyclic amines) is 1. The summed E-state index contributed by atoms with van der Waals surface area (Å²) < 4.78 is 0. The summed E-state index contributed by atoms with van der Waals surface area (Å²) >= 11 is 0. The van der Waals surface area contributed by atoms with Crippen LogP contribution < -0.4 is 0 Å². The maximum Gasteiger partial charge on any atom is 0.253 e. The molecule has 0 saturated carbocycles. The largest absolute Gasteiger partial charge is 0.390 e. The molecular weight excluding hydrogens is 314 g/mol. The lowest BCUT2D eigenvalue weighted by Gasteiger charge is -2.29. The maximum absolute atomic E-state index is 12.7. The van der Waals surface area contributed by atoms with Gasteiger partial charge in [0.2, 0.25) is 0 Å². The number of carbonyl (C=O) groups is 1. The van der Waals surface area contributed by atoms with Crippen LogP contribution in [0.2, 0.25) is 0 Å². The van der Waals surface area contributed by atoms with Gasteiger partial charge in [0.25, 0.3) is 5.91 Å². The van der Waals surface area contributed by atoms with E-state index in [1.54, 1.807) is 17.3 Å². The molecule has 1 aliphatic heterocycles. The summed E-state index contributed by atoms with van der Waals surface area (Å²) in [5.74, 6) is -0.0125. The van der Waals surface area contributed by atoms with Gasteiger partial charge >= 0.3 is 0 Å². The van der Waals surface area contributed by atoms with E-state index in [4.69, 9.17) is 0 Å². The van der Waals surface area contributed by atoms with Crippen LogP contribution in [-0.4, -0.2) is 57.6 Å². The molecule has 5 heteroatoms. The van der Waals surface area contributed by atoms with Gasteiger partial charge in [-0.25, -0.2) is 0 Å². The third-order valence-electron chi connectivity index (χ3n) is 4.85. The number of pyridine rings is 1. The van der Waals surface area contributed by atoms with E-state index >= 15 is 0 Å². The number of carbonyl (C=O) groups excluding carboxylic acids is 1. The highest BCUT2D eigenvalue weighted by atomic mass is 16.3. The zero-order valence-electron chi connectivity index (χ0n) is 14.8. The van der Waals surface area contributed by atoms with Crippen LogP contribution >= 0.6 is 0 Å². The smallest absolute Gasteiger partial charge is 0.253 e. The number of amides is 1. The first-order valence-electron chi connectivity index (χ1n) is 8.75. The highest BCUT2D eigenvalue weighted by Gasteiger charge is 2.37. The van der Waals surface area contributed by atoms with Crippen LogP contribution in [0.1, 0.15) is 28.4 Å². The third kappa shape index (κ3) is 4.06. The van der Waals surface area contributed by atoms with Crippen LogP contribution in [0.25, 0.3) is 0 Å². The van der Waals surface area contributed by atoms with E-state index in [1.807, 2.05) is 43.3 Å². The van der Waals surface area contributed by atoms with E-state index in [0.29, 0.717) is 18.7 Å². The van der Waals surface area contributed by atoms with Crippen LogP contribution in [0.5, 0.6) is 0 Å². The van der Waals surface area contributed by atoms with Crippen LogP contribution in [0.3, 0.4) is 0 Å². The number of aromatic nitrogens is 1. The molecule has 2 heterocycles. The molecule has 25 heavy (non-hydrogen) atoms. The molecule has 1 aromatic heterocycles. The second-order valence-corrected chi connectivity index (χ2v) is 6.63. The van der Waals surface area contributed by atoms with Gasteiger partial charge in [0.1, 0.15) is 0 Å². The fourth-order valence-corrected chi connectivity index (χ4v) is 3.36. The van der Waals surface area contributed by atoms with Gasteiger partial charge in [-0.15, -0.1) is 0 Å². The van der Waals surface area contributed by atoms with Crippen molar-refractivity contribution in [2.24, 2.45) is 0 Å². The van der Waals surface area contributed by atoms with Crippen molar-refractivity contribution in [1.82, 2.24) is 14.8 Å². The molecule has 5 nitrogen and oxygen atoms in total. The highest BCUT2D eigenvalue weighted by molar-refractivity contribution is 5.94. The summed E-state index contributed by atoms with van der Waals surface area (Å²) in [7, 11) is 0. The standard InChI is InChI=1S/C20H25N3O2/c1-3-22(12-16-8-10-21-11-9-16)18-13-23(14-19(18)24)20(25)17-6-4-15(2)5-7-17/h4-11,18-19,24H,3,12-14H2,1-2H3/t18-,19-/m1/s1. The first-order valence-corrected chi connectivity index (χ1v) is 8.75. The summed E-state index contributed by atoms with van der Waals surface area (Å²) in [6, 6.07) is 11.5. The van der Waals surface area contributed by atoms with E-state index in [-0.39, 0.29) is 11.9 Å². The number of aryl methyl sites for hydroxylation is 1. The Bertz CT molecular complexity index is 703. The molecule has 0 radical (unpaired) electrons. The zero-order chi connectivity index (χ0) is 17.8. The SMILES string of the molecule is CCN(Cc1ccncc1)[C@@H]1CN(C(=O)c2ccc(C)cc2)C[C@H]1O. The fourth-order valence-electron chi connectivity index (χ4n) is 3.36. The van der Waals surface area contributed by atoms with Gasteiger partial charge in [-0.05, 0) is 43.3 Å². The van der Waals surface area contributed by atoms with E-state index in [9.17, 15) is 9.90 Å². The molecule has 0 bridgehead atoms. The number of rotatable bonds is 5. The number of nitrogens with zero attached hydrogens (tertiary/aromatic N) is 3. The Morgan fingerprint density at radius 1 is 1.20 bits per heavy atom. The average molecular weight is 339 g/mol. The van der Waals surface area contributed by atoms with Crippen molar-refractivity contribution in [1.29, 1.82) is 0 Å². The Balaban J connectivity index is 1.69. The molecule has 0 spiro atoms. The fraction of sp³-hybridized carbons (Fsp3) is 0.400. The average Bonchev–Trinajstić information content (AvgIpc) is 3.02. The summed E-state index contributed by atoms with van der Waals surface area (Å²) in [5.41, 5.74) is 2.97. The minimum absolute atomic E-state index is 0.0125. The molecule has 0 unspecified atom stereocenters. The quantitative estimate of drug-likeness (QED) is 0.906. The van der Waals surface area contributed by atoms with Crippen molar-refractivity contribution < 1.29 is 9.90 Å². The third-order valence-corrected chi connectivity index (χ3v) is 4.85. The van der Waals surface area contributed by atoms with Gasteiger partial charge in [-0.3, -0.25) is 14.7 Å². The summed E-state index contributed by atoms with van der Waals surface area (Å²) in [6.45, 7) is 6.57. The molecule has 1 aromatic carbocycles. The molecule has 1 aliphatic rings. The maximum atomic E-state index is 12.7. The number of hydrogen-bond donors (Lipinski definition) is 1. The number of aliphatic hydroxyl groups is 1. The molecular formula is C20H25N3O2. The summed E-state index contributed by atoms with van der Waals surface area (Å²) in [5, 5.41) is 10.5. The normalized spacial score (nSPS) is 20.2. The van der Waals surface area contributed by atoms with Crippen molar-refractivity contribution in [2.75, 3.05) is 19.6 Å². The molecule has 1 N–H and O–H groups in total. The van der Waals surface area contributed by atoms with E-state index in [1.165, 1.54) is 0 Å². The lowest BCUT2D eigenvalue weighted by molar-refractivity contribution is 0.0758. The summed E-state index contributed by atoms with van der Waals surface area (Å²) in [4.78, 5) is 20.7. The molecule has 1 fully saturated rings. The Morgan fingerprint density at radius 3 is 2.52 bits per heavy atom. The Labute approximate surface area is 148 Å². The van der Waals surface area contributed by atoms with E-state index in [2.05, 4.69) is 16.8 Å². The first-order chi connectivity index (χ1) is 12.1. The molecule has 132 valence electrons. The highest BCUT2D eigenvalue weighted by Crippen LogP contribution is 2.21. The van der Waals surface area contributed by atoms with Crippen molar-refractivity contribution in [3.8, 4) is 0 Å². The molecule has 1 saturated heterocycles. The van der Waals surface area contributed by atoms with Crippen molar-refractivity contribution in [2.45, 2.75) is 32.5 Å². The van der Waals surface area contributed by atoms with E-state index < -0.39 is 6.10 Å². The number of likely N-dealkylation sites (N-methyl/N-ethyl adjacent to an activating group) is 1. The number of benzene rings is 1. The Morgan fingerprint density at radius 2 is 1.88 bits per heavy atom. The molecule has 2 aromatic rings. The predicted octanol–water partition coefficient (Wildman–Crippen LogP) is 2.10. The van der Waals surface area contributed by atoms with Gasteiger partial charge in [-0.2, -0.15) is 0 Å². The Kier molecular flexibility index (Phi) is 5.46. The minimum Gasteiger partial charge on any atom is -0.390 e. The van der Waals surface area contributed by atoms with Crippen LogP contribution in [0.15, 0.2) is 48.8 Å². The number of β-amino-alcohol motifs (C(OH)–C–C–N with tert-alkyl or cyclic N) is 1. The topological polar surface area (TPSA) is 56.7 Å². The molecule has 3 rings (SSSR count). The summed E-state index contributed by atoms with van der Waals surface area (Å²) in [6.07, 6.45) is 3.03. The van der Waals surface area contributed by atoms with Crippen molar-refractivity contribution >= 4 is 5.91 Å². The lowest BCUT2D eigenvalue weighted by atomic mass is 10.1. The number of aliphatic hydroxyl groups excluding tert-OH is 1. The van der Waals surface area contributed by atoms with E-state index in [0.717, 1.165) is 24.2 Å². The predicted molar refractivity (Wildman–Crippen MR) is 97.2 cm³/mol. The van der Waals surface area contributed by atoms with Crippen LogP contribution in [0.4, 0.5) is 0 Å². The lowest BCUT2D eigenvalue weighted by Crippen LogP contribution is -2.43. The van der Waals surface area contributed by atoms with Gasteiger partial charge in [0, 0.05) is 37.6 Å². The van der Waals surface area contributed by atoms with Crippen molar-refractivity contribution in [3.63, 3.8) is 0 Å². The monoisotopic (exact) mass is 339 g/mol. The molecule has 1 amide bonds. The van der Waals surface area contributed by atoms with Gasteiger partial charge in [0.05, 0.1) is 12.1 Å². The number of hydrogen-bond acceptors (Lipinski definition) is 4. The second-order valence-electron chi connectivity index (χ2n) is 6.63. The van der Waals surface area contributed by atoms with Gasteiger partial charge < -0.3 is 10.0 Å². The molecule has 0 aliphatic carbocycles.